The quantitative estimate of drug-likeness (QED) is 0.721. The van der Waals surface area contributed by atoms with Gasteiger partial charge in [-0.15, -0.1) is 0 Å². The smallest absolute Gasteiger partial charge is 0.228 e. The third-order valence-electron chi connectivity index (χ3n) is 5.43. The maximum Gasteiger partial charge on any atom is 0.228 e. The van der Waals surface area contributed by atoms with Crippen LogP contribution in [0.15, 0.2) is 60.2 Å². The number of carbonyl (C=O) groups excluding carboxylic acids is 1. The van der Waals surface area contributed by atoms with E-state index in [1.54, 1.807) is 7.11 Å². The first kappa shape index (κ1) is 20.2. The minimum absolute atomic E-state index is 0.0299. The van der Waals surface area contributed by atoms with E-state index in [0.29, 0.717) is 0 Å². The number of piperidine rings is 1. The molecule has 2 aromatic rings. The molecule has 3 rings (SSSR count). The molecule has 0 bridgehead atoms. The third-order valence-corrected chi connectivity index (χ3v) is 5.43. The van der Waals surface area contributed by atoms with Crippen LogP contribution < -0.4 is 10.1 Å². The summed E-state index contributed by atoms with van der Waals surface area (Å²) in [4.78, 5) is 15.4. The van der Waals surface area contributed by atoms with Crippen molar-refractivity contribution in [2.45, 2.75) is 26.7 Å². The van der Waals surface area contributed by atoms with Crippen LogP contribution in [0.1, 0.15) is 26.7 Å². The summed E-state index contributed by atoms with van der Waals surface area (Å²) >= 11 is 0. The fraction of sp³-hybridized carbons (Fsp3) is 0.375. The van der Waals surface area contributed by atoms with Crippen LogP contribution in [0, 0.1) is 5.92 Å². The van der Waals surface area contributed by atoms with Gasteiger partial charge in [-0.2, -0.15) is 0 Å². The molecule has 0 radical (unpaired) electrons. The van der Waals surface area contributed by atoms with Crippen molar-refractivity contribution < 1.29 is 9.53 Å². The number of nitrogens with one attached hydrogen (secondary N) is 1. The second-order valence-corrected chi connectivity index (χ2v) is 7.47. The Hall–Kier alpha value is -2.59. The number of allylic oxidation sites excluding steroid dienone is 1. The Labute approximate surface area is 168 Å². The molecule has 0 aromatic heterocycles. The number of nitrogens with zero attached hydrogens (tertiary/aromatic N) is 1. The zero-order valence-corrected chi connectivity index (χ0v) is 17.1. The van der Waals surface area contributed by atoms with E-state index in [1.807, 2.05) is 48.5 Å². The lowest BCUT2D eigenvalue weighted by molar-refractivity contribution is -0.121. The summed E-state index contributed by atoms with van der Waals surface area (Å²) in [5.41, 5.74) is 4.30. The van der Waals surface area contributed by atoms with E-state index < -0.39 is 0 Å². The molecular weight excluding hydrogens is 348 g/mol. The van der Waals surface area contributed by atoms with Crippen molar-refractivity contribution in [3.8, 4) is 16.9 Å². The van der Waals surface area contributed by atoms with Crippen LogP contribution >= 0.6 is 0 Å². The summed E-state index contributed by atoms with van der Waals surface area (Å²) < 4.78 is 5.25. The van der Waals surface area contributed by atoms with E-state index in [9.17, 15) is 4.79 Å². The van der Waals surface area contributed by atoms with Crippen molar-refractivity contribution in [1.29, 1.82) is 0 Å². The van der Waals surface area contributed by atoms with Crippen LogP contribution in [0.3, 0.4) is 0 Å². The number of rotatable bonds is 6. The maximum atomic E-state index is 13.0. The summed E-state index contributed by atoms with van der Waals surface area (Å²) in [7, 11) is 1.66. The molecule has 2 aromatic carbocycles. The number of hydrogen-bond donors (Lipinski definition) is 1. The van der Waals surface area contributed by atoms with Crippen molar-refractivity contribution in [2.75, 3.05) is 32.1 Å². The van der Waals surface area contributed by atoms with Crippen molar-refractivity contribution in [3.63, 3.8) is 0 Å². The molecule has 28 heavy (non-hydrogen) atoms. The average Bonchev–Trinajstić information content (AvgIpc) is 2.74. The molecule has 4 nitrogen and oxygen atoms in total. The highest BCUT2D eigenvalue weighted by molar-refractivity contribution is 5.97. The number of amides is 1. The Morgan fingerprint density at radius 3 is 2.68 bits per heavy atom. The van der Waals surface area contributed by atoms with Crippen molar-refractivity contribution in [2.24, 2.45) is 5.92 Å². The maximum absolute atomic E-state index is 13.0. The van der Waals surface area contributed by atoms with E-state index >= 15 is 0 Å². The van der Waals surface area contributed by atoms with E-state index in [4.69, 9.17) is 4.74 Å². The minimum atomic E-state index is 0.0299. The van der Waals surface area contributed by atoms with Crippen LogP contribution in [0.25, 0.3) is 11.1 Å². The molecule has 1 aliphatic heterocycles. The Bertz CT molecular complexity index is 827. The molecule has 1 heterocycles. The summed E-state index contributed by atoms with van der Waals surface area (Å²) in [6.07, 6.45) is 4.16. The Kier molecular flexibility index (Phi) is 6.88. The first-order valence-corrected chi connectivity index (χ1v) is 9.99. The minimum Gasteiger partial charge on any atom is -0.497 e. The third kappa shape index (κ3) is 5.02. The highest BCUT2D eigenvalue weighted by atomic mass is 16.5. The summed E-state index contributed by atoms with van der Waals surface area (Å²) in [5.74, 6) is 0.968. The molecule has 1 fully saturated rings. The standard InChI is InChI=1S/C24H30N2O2/c1-4-18(2)16-26-15-7-8-20(17-26)24(27)25-23-10-6-5-9-22(23)19-11-13-21(28-3)14-12-19/h4-6,9-14,20H,7-8,15-17H2,1-3H3,(H,25,27)/b18-4+/t20-/m0/s1. The van der Waals surface area contributed by atoms with Gasteiger partial charge in [0.2, 0.25) is 5.91 Å². The predicted molar refractivity (Wildman–Crippen MR) is 116 cm³/mol. The van der Waals surface area contributed by atoms with Gasteiger partial charge in [0.15, 0.2) is 0 Å². The lowest BCUT2D eigenvalue weighted by Gasteiger charge is -2.32. The number of methoxy groups -OCH3 is 1. The number of anilines is 1. The van der Waals surface area contributed by atoms with E-state index in [1.165, 1.54) is 5.57 Å². The first-order valence-electron chi connectivity index (χ1n) is 9.99. The number of benzene rings is 2. The van der Waals surface area contributed by atoms with Gasteiger partial charge < -0.3 is 10.1 Å². The van der Waals surface area contributed by atoms with Crippen LogP contribution in [0.4, 0.5) is 5.69 Å². The molecule has 0 aliphatic carbocycles. The lowest BCUT2D eigenvalue weighted by Crippen LogP contribution is -2.41. The van der Waals surface area contributed by atoms with E-state index in [2.05, 4.69) is 30.1 Å². The second-order valence-electron chi connectivity index (χ2n) is 7.47. The summed E-state index contributed by atoms with van der Waals surface area (Å²) in [6, 6.07) is 15.9. The molecule has 1 saturated heterocycles. The summed E-state index contributed by atoms with van der Waals surface area (Å²) in [5, 5.41) is 3.18. The van der Waals surface area contributed by atoms with Gasteiger partial charge in [-0.05, 0) is 57.0 Å². The molecule has 1 amide bonds. The molecule has 4 heteroatoms. The van der Waals surface area contributed by atoms with Gasteiger partial charge in [0, 0.05) is 24.3 Å². The van der Waals surface area contributed by atoms with Crippen LogP contribution in [0.2, 0.25) is 0 Å². The lowest BCUT2D eigenvalue weighted by atomic mass is 9.96. The monoisotopic (exact) mass is 378 g/mol. The second kappa shape index (κ2) is 9.56. The Morgan fingerprint density at radius 1 is 1.21 bits per heavy atom. The van der Waals surface area contributed by atoms with Crippen molar-refractivity contribution >= 4 is 11.6 Å². The van der Waals surface area contributed by atoms with Gasteiger partial charge in [-0.3, -0.25) is 9.69 Å². The van der Waals surface area contributed by atoms with Crippen molar-refractivity contribution in [3.05, 3.63) is 60.2 Å². The van der Waals surface area contributed by atoms with Gasteiger partial charge >= 0.3 is 0 Å². The van der Waals surface area contributed by atoms with Gasteiger partial charge in [-0.25, -0.2) is 0 Å². The van der Waals surface area contributed by atoms with Crippen LogP contribution in [-0.2, 0) is 4.79 Å². The molecule has 0 unspecified atom stereocenters. The average molecular weight is 379 g/mol. The van der Waals surface area contributed by atoms with Gasteiger partial charge in [0.25, 0.3) is 0 Å². The number of para-hydroxylation sites is 1. The molecule has 1 N–H and O–H groups in total. The number of carbonyl (C=O) groups is 1. The predicted octanol–water partition coefficient (Wildman–Crippen LogP) is 4.98. The summed E-state index contributed by atoms with van der Waals surface area (Å²) in [6.45, 7) is 7.05. The highest BCUT2D eigenvalue weighted by Gasteiger charge is 2.26. The fourth-order valence-electron chi connectivity index (χ4n) is 3.71. The van der Waals surface area contributed by atoms with E-state index in [-0.39, 0.29) is 11.8 Å². The molecule has 1 aliphatic rings. The largest absolute Gasteiger partial charge is 0.497 e. The number of hydrogen-bond acceptors (Lipinski definition) is 3. The molecule has 0 spiro atoms. The Morgan fingerprint density at radius 2 is 1.96 bits per heavy atom. The first-order chi connectivity index (χ1) is 13.6. The Balaban J connectivity index is 1.72. The van der Waals surface area contributed by atoms with Gasteiger partial charge in [0.1, 0.15) is 5.75 Å². The zero-order valence-electron chi connectivity index (χ0n) is 17.1. The molecule has 1 atom stereocenters. The SMILES string of the molecule is C/C=C(\C)CN1CCC[C@H](C(=O)Nc2ccccc2-c2ccc(OC)cc2)C1. The van der Waals surface area contributed by atoms with Gasteiger partial charge in [0.05, 0.1) is 13.0 Å². The fourth-order valence-corrected chi connectivity index (χ4v) is 3.71. The van der Waals surface area contributed by atoms with Crippen LogP contribution in [-0.4, -0.2) is 37.6 Å². The topological polar surface area (TPSA) is 41.6 Å². The normalized spacial score (nSPS) is 18.0. The van der Waals surface area contributed by atoms with Gasteiger partial charge in [-0.1, -0.05) is 42.0 Å². The molecule has 148 valence electrons. The van der Waals surface area contributed by atoms with E-state index in [0.717, 1.165) is 55.0 Å². The zero-order chi connectivity index (χ0) is 19.9. The highest BCUT2D eigenvalue weighted by Crippen LogP contribution is 2.30. The molecule has 0 saturated carbocycles. The number of ether oxygens (including phenoxy) is 1. The molecular formula is C24H30N2O2. The van der Waals surface area contributed by atoms with Crippen molar-refractivity contribution in [1.82, 2.24) is 4.90 Å². The van der Waals surface area contributed by atoms with Crippen LogP contribution in [0.5, 0.6) is 5.75 Å². The number of likely N-dealkylation sites (tertiary alicyclic amines) is 1.